The molecule has 0 radical (unpaired) electrons. The molecule has 0 aliphatic heterocycles. The van der Waals surface area contributed by atoms with Crippen LogP contribution in [0.15, 0.2) is 41.5 Å². The van der Waals surface area contributed by atoms with Gasteiger partial charge in [0, 0.05) is 19.2 Å². The third-order valence-electron chi connectivity index (χ3n) is 6.45. The average Bonchev–Trinajstić information content (AvgIpc) is 3.35. The fourth-order valence-corrected chi connectivity index (χ4v) is 4.04. The molecule has 40 heavy (non-hydrogen) atoms. The van der Waals surface area contributed by atoms with Gasteiger partial charge in [0.2, 0.25) is 11.7 Å². The molecule has 0 aromatic carbocycles. The molecule has 1 fully saturated rings. The summed E-state index contributed by atoms with van der Waals surface area (Å²) in [4.78, 5) is 40.1. The van der Waals surface area contributed by atoms with Crippen LogP contribution in [-0.4, -0.2) is 42.5 Å². The van der Waals surface area contributed by atoms with Gasteiger partial charge in [0.1, 0.15) is 11.9 Å². The summed E-state index contributed by atoms with van der Waals surface area (Å²) in [5.74, 6) is -1.96. The van der Waals surface area contributed by atoms with Crippen molar-refractivity contribution >= 4 is 17.5 Å². The van der Waals surface area contributed by atoms with Crippen molar-refractivity contribution in [2.75, 3.05) is 5.32 Å². The van der Waals surface area contributed by atoms with Gasteiger partial charge in [-0.2, -0.15) is 17.6 Å². The summed E-state index contributed by atoms with van der Waals surface area (Å²) < 4.78 is 69.5. The molecule has 1 atom stereocenters. The molecule has 3 aromatic heterocycles. The molecule has 1 unspecified atom stereocenters. The summed E-state index contributed by atoms with van der Waals surface area (Å²) in [5, 5.41) is 12.1. The first kappa shape index (κ1) is 28.8. The van der Waals surface area contributed by atoms with Crippen LogP contribution in [-0.2, 0) is 30.6 Å². The van der Waals surface area contributed by atoms with E-state index in [0.717, 1.165) is 40.8 Å². The minimum Gasteiger partial charge on any atom is -0.345 e. The lowest BCUT2D eigenvalue weighted by atomic mass is 9.83. The fraction of sp³-hybridized carbons (Fsp3) is 0.440. The third-order valence-corrected chi connectivity index (χ3v) is 6.45. The second-order valence-electron chi connectivity index (χ2n) is 9.50. The molecule has 1 aliphatic carbocycles. The van der Waals surface area contributed by atoms with E-state index in [1.54, 1.807) is 0 Å². The summed E-state index contributed by atoms with van der Waals surface area (Å²) in [6.07, 6.45) is -0.677. The van der Waals surface area contributed by atoms with E-state index in [4.69, 9.17) is 0 Å². The van der Waals surface area contributed by atoms with E-state index in [0.29, 0.717) is 0 Å². The molecule has 2 amide bonds. The Hall–Kier alpha value is -4.17. The summed E-state index contributed by atoms with van der Waals surface area (Å²) >= 11 is 0. The Morgan fingerprint density at radius 2 is 1.95 bits per heavy atom. The SMILES string of the molecule is O=C(CC1CCC1)Nc1ccn(CCC(F)Cn2cc(C(=O)NCc3cccc(C(F)(F)F)n3)nn2)c(=O)c1F. The zero-order valence-electron chi connectivity index (χ0n) is 21.1. The molecule has 1 aliphatic rings. The maximum atomic E-state index is 14.6. The molecule has 0 spiro atoms. The number of halogens is 5. The van der Waals surface area contributed by atoms with Crippen LogP contribution in [0.4, 0.5) is 27.6 Å². The van der Waals surface area contributed by atoms with Gasteiger partial charge in [-0.25, -0.2) is 14.1 Å². The highest BCUT2D eigenvalue weighted by Gasteiger charge is 2.32. The van der Waals surface area contributed by atoms with Gasteiger partial charge in [-0.3, -0.25) is 14.4 Å². The van der Waals surface area contributed by atoms with E-state index in [-0.39, 0.29) is 61.4 Å². The van der Waals surface area contributed by atoms with Crippen LogP contribution < -0.4 is 16.2 Å². The molecule has 3 aromatic rings. The van der Waals surface area contributed by atoms with E-state index in [1.165, 1.54) is 24.4 Å². The minimum absolute atomic E-state index is 0.0184. The molecule has 4 rings (SSSR count). The van der Waals surface area contributed by atoms with E-state index in [1.807, 2.05) is 0 Å². The molecule has 10 nitrogen and oxygen atoms in total. The standard InChI is InChI=1S/C25H26F5N7O3/c26-16(7-9-36-10-8-18(22(27)24(36)40)33-21(38)11-15-3-1-4-15)13-37-14-19(34-35-37)23(39)31-12-17-5-2-6-20(32-17)25(28,29)30/h2,5-6,8,10,14-16H,1,3-4,7,9,11-13H2,(H,31,39)(H,33,38). The third kappa shape index (κ3) is 7.48. The van der Waals surface area contributed by atoms with Crippen molar-refractivity contribution in [2.45, 2.75) is 64.1 Å². The maximum Gasteiger partial charge on any atom is 0.433 e. The highest BCUT2D eigenvalue weighted by Crippen LogP contribution is 2.29. The molecule has 214 valence electrons. The Balaban J connectivity index is 1.25. The highest BCUT2D eigenvalue weighted by atomic mass is 19.4. The van der Waals surface area contributed by atoms with Gasteiger partial charge < -0.3 is 15.2 Å². The van der Waals surface area contributed by atoms with Crippen LogP contribution in [0.5, 0.6) is 0 Å². The van der Waals surface area contributed by atoms with Gasteiger partial charge >= 0.3 is 6.18 Å². The van der Waals surface area contributed by atoms with Crippen molar-refractivity contribution in [3.8, 4) is 0 Å². The molecule has 3 heterocycles. The summed E-state index contributed by atoms with van der Waals surface area (Å²) in [6.45, 7) is -0.767. The van der Waals surface area contributed by atoms with Crippen LogP contribution in [0.25, 0.3) is 0 Å². The fourth-order valence-electron chi connectivity index (χ4n) is 4.04. The number of nitrogens with one attached hydrogen (secondary N) is 2. The number of amides is 2. The Morgan fingerprint density at radius 1 is 1.18 bits per heavy atom. The number of alkyl halides is 4. The first-order chi connectivity index (χ1) is 19.0. The lowest BCUT2D eigenvalue weighted by Gasteiger charge is -2.24. The summed E-state index contributed by atoms with van der Waals surface area (Å²) in [5.41, 5.74) is -2.52. The summed E-state index contributed by atoms with van der Waals surface area (Å²) in [7, 11) is 0. The molecular formula is C25H26F5N7O3. The Morgan fingerprint density at radius 3 is 2.65 bits per heavy atom. The number of aryl methyl sites for hydroxylation is 1. The Bertz CT molecular complexity index is 1420. The van der Waals surface area contributed by atoms with Gasteiger partial charge in [-0.15, -0.1) is 5.10 Å². The van der Waals surface area contributed by atoms with Crippen LogP contribution in [0.1, 0.15) is 54.0 Å². The van der Waals surface area contributed by atoms with Crippen molar-refractivity contribution in [3.05, 3.63) is 69.9 Å². The molecule has 1 saturated carbocycles. The number of carbonyl (C=O) groups excluding carboxylic acids is 2. The van der Waals surface area contributed by atoms with Crippen LogP contribution >= 0.6 is 0 Å². The Kier molecular flexibility index (Phi) is 8.90. The second kappa shape index (κ2) is 12.3. The number of pyridine rings is 2. The zero-order valence-corrected chi connectivity index (χ0v) is 21.1. The van der Waals surface area contributed by atoms with Gasteiger partial charge in [-0.05, 0) is 43.4 Å². The van der Waals surface area contributed by atoms with Gasteiger partial charge in [0.15, 0.2) is 5.69 Å². The van der Waals surface area contributed by atoms with Crippen molar-refractivity contribution in [1.82, 2.24) is 29.9 Å². The van der Waals surface area contributed by atoms with E-state index in [9.17, 15) is 36.3 Å². The van der Waals surface area contributed by atoms with E-state index in [2.05, 4.69) is 25.9 Å². The first-order valence-electron chi connectivity index (χ1n) is 12.5. The lowest BCUT2D eigenvalue weighted by Crippen LogP contribution is -2.27. The van der Waals surface area contributed by atoms with Crippen LogP contribution in [0.2, 0.25) is 0 Å². The predicted octanol–water partition coefficient (Wildman–Crippen LogP) is 3.48. The molecular weight excluding hydrogens is 541 g/mol. The van der Waals surface area contributed by atoms with Crippen LogP contribution in [0, 0.1) is 11.7 Å². The van der Waals surface area contributed by atoms with Crippen molar-refractivity contribution in [1.29, 1.82) is 0 Å². The maximum absolute atomic E-state index is 14.6. The average molecular weight is 568 g/mol. The highest BCUT2D eigenvalue weighted by molar-refractivity contribution is 5.92. The number of hydrogen-bond acceptors (Lipinski definition) is 6. The van der Waals surface area contributed by atoms with Crippen molar-refractivity contribution < 1.29 is 31.5 Å². The predicted molar refractivity (Wildman–Crippen MR) is 131 cm³/mol. The topological polar surface area (TPSA) is 124 Å². The molecule has 2 N–H and O–H groups in total. The number of aromatic nitrogens is 5. The smallest absolute Gasteiger partial charge is 0.345 e. The number of carbonyl (C=O) groups is 2. The number of nitrogens with zero attached hydrogens (tertiary/aromatic N) is 5. The number of anilines is 1. The first-order valence-corrected chi connectivity index (χ1v) is 12.5. The summed E-state index contributed by atoms with van der Waals surface area (Å²) in [6, 6.07) is 4.54. The molecule has 0 saturated heterocycles. The number of rotatable bonds is 11. The van der Waals surface area contributed by atoms with Crippen molar-refractivity contribution in [3.63, 3.8) is 0 Å². The van der Waals surface area contributed by atoms with E-state index >= 15 is 0 Å². The quantitative estimate of drug-likeness (QED) is 0.342. The largest absolute Gasteiger partial charge is 0.433 e. The zero-order chi connectivity index (χ0) is 28.9. The molecule has 15 heteroatoms. The monoisotopic (exact) mass is 567 g/mol. The normalized spacial score (nSPS) is 14.4. The number of hydrogen-bond donors (Lipinski definition) is 2. The van der Waals surface area contributed by atoms with Gasteiger partial charge in [0.05, 0.1) is 30.7 Å². The second-order valence-corrected chi connectivity index (χ2v) is 9.50. The van der Waals surface area contributed by atoms with Crippen molar-refractivity contribution in [2.24, 2.45) is 5.92 Å². The Labute approximate surface area is 224 Å². The van der Waals surface area contributed by atoms with Gasteiger partial charge in [0.25, 0.3) is 11.5 Å². The van der Waals surface area contributed by atoms with Crippen LogP contribution in [0.3, 0.4) is 0 Å². The lowest BCUT2D eigenvalue weighted by molar-refractivity contribution is -0.141. The van der Waals surface area contributed by atoms with E-state index < -0.39 is 35.3 Å². The molecule has 0 bridgehead atoms. The van der Waals surface area contributed by atoms with Gasteiger partial charge in [-0.1, -0.05) is 17.7 Å². The minimum atomic E-state index is -4.62.